The second-order valence-corrected chi connectivity index (χ2v) is 7.03. The minimum atomic E-state index is -0.513. The maximum atomic E-state index is 13.6. The Labute approximate surface area is 176 Å². The van der Waals surface area contributed by atoms with Crippen LogP contribution in [0.3, 0.4) is 0 Å². The third kappa shape index (κ3) is 3.67. The van der Waals surface area contributed by atoms with Crippen LogP contribution in [0.4, 0.5) is 16.0 Å². The summed E-state index contributed by atoms with van der Waals surface area (Å²) >= 11 is 6.24. The van der Waals surface area contributed by atoms with Crippen molar-refractivity contribution in [1.29, 1.82) is 0 Å². The van der Waals surface area contributed by atoms with Crippen LogP contribution in [0.25, 0.3) is 22.5 Å². The lowest BCUT2D eigenvalue weighted by atomic mass is 10.0. The maximum Gasteiger partial charge on any atom is 0.248 e. The second-order valence-electron chi connectivity index (χ2n) is 6.63. The van der Waals surface area contributed by atoms with Gasteiger partial charge in [-0.1, -0.05) is 40.5 Å². The first kappa shape index (κ1) is 19.7. The topological polar surface area (TPSA) is 72.1 Å². The van der Waals surface area contributed by atoms with Crippen LogP contribution in [0.2, 0.25) is 5.02 Å². The van der Waals surface area contributed by atoms with Crippen molar-refractivity contribution in [2.75, 3.05) is 4.90 Å². The number of aromatic nitrogens is 3. The summed E-state index contributed by atoms with van der Waals surface area (Å²) in [6.07, 6.45) is 2.98. The van der Waals surface area contributed by atoms with E-state index in [0.717, 1.165) is 17.2 Å². The molecule has 0 N–H and O–H groups in total. The van der Waals surface area contributed by atoms with Gasteiger partial charge in [0.1, 0.15) is 17.8 Å². The molecule has 6 nitrogen and oxygen atoms in total. The van der Waals surface area contributed by atoms with Crippen LogP contribution >= 0.6 is 11.6 Å². The van der Waals surface area contributed by atoms with Crippen LogP contribution in [-0.2, 0) is 4.79 Å². The molecule has 2 aromatic heterocycles. The molecule has 150 valence electrons. The number of anilines is 2. The Morgan fingerprint density at radius 2 is 2.00 bits per heavy atom. The van der Waals surface area contributed by atoms with Crippen molar-refractivity contribution in [1.82, 2.24) is 15.1 Å². The van der Waals surface area contributed by atoms with Gasteiger partial charge in [0, 0.05) is 18.7 Å². The van der Waals surface area contributed by atoms with E-state index in [1.54, 1.807) is 12.3 Å². The Morgan fingerprint density at radius 3 is 2.67 bits per heavy atom. The predicted molar refractivity (Wildman–Crippen MR) is 112 cm³/mol. The predicted octanol–water partition coefficient (Wildman–Crippen LogP) is 5.58. The lowest BCUT2D eigenvalue weighted by Crippen LogP contribution is -2.23. The van der Waals surface area contributed by atoms with Gasteiger partial charge in [0.2, 0.25) is 11.8 Å². The molecule has 1 amide bonds. The smallest absolute Gasteiger partial charge is 0.248 e. The molecule has 0 aliphatic rings. The zero-order chi connectivity index (χ0) is 21.3. The first-order chi connectivity index (χ1) is 14.5. The Bertz CT molecular complexity index is 1230. The third-order valence-electron chi connectivity index (χ3n) is 4.47. The molecule has 4 aromatic rings. The van der Waals surface area contributed by atoms with E-state index in [-0.39, 0.29) is 22.5 Å². The van der Waals surface area contributed by atoms with Gasteiger partial charge in [-0.25, -0.2) is 19.3 Å². The van der Waals surface area contributed by atoms with Gasteiger partial charge < -0.3 is 4.52 Å². The van der Waals surface area contributed by atoms with E-state index >= 15 is 0 Å². The highest BCUT2D eigenvalue weighted by atomic mass is 35.5. The number of aryl methyl sites for hydroxylation is 1. The third-order valence-corrected chi connectivity index (χ3v) is 4.78. The van der Waals surface area contributed by atoms with Gasteiger partial charge >= 0.3 is 0 Å². The molecule has 0 radical (unpaired) electrons. The molecule has 0 aliphatic carbocycles. The van der Waals surface area contributed by atoms with E-state index in [1.807, 2.05) is 31.2 Å². The SMILES string of the molecule is CC(=O)N(c1ccc(F)cc1Cl)c1onc(-c2cccc(C)c2)c1-c1ccncn1. The zero-order valence-electron chi connectivity index (χ0n) is 16.1. The molecule has 30 heavy (non-hydrogen) atoms. The normalized spacial score (nSPS) is 10.8. The number of hydrogen-bond donors (Lipinski definition) is 0. The molecule has 4 rings (SSSR count). The molecule has 0 atom stereocenters. The van der Waals surface area contributed by atoms with Gasteiger partial charge in [-0.2, -0.15) is 0 Å². The summed E-state index contributed by atoms with van der Waals surface area (Å²) in [6, 6.07) is 13.2. The summed E-state index contributed by atoms with van der Waals surface area (Å²) in [7, 11) is 0. The maximum absolute atomic E-state index is 13.6. The summed E-state index contributed by atoms with van der Waals surface area (Å²) in [5, 5.41) is 4.30. The monoisotopic (exact) mass is 422 g/mol. The summed E-state index contributed by atoms with van der Waals surface area (Å²) < 4.78 is 19.2. The number of halogens is 2. The Kier molecular flexibility index (Phi) is 5.29. The highest BCUT2D eigenvalue weighted by Gasteiger charge is 2.29. The van der Waals surface area contributed by atoms with Crippen molar-refractivity contribution in [3.8, 4) is 22.5 Å². The average Bonchev–Trinajstić information content (AvgIpc) is 3.15. The first-order valence-electron chi connectivity index (χ1n) is 9.04. The highest BCUT2D eigenvalue weighted by Crippen LogP contribution is 2.43. The lowest BCUT2D eigenvalue weighted by molar-refractivity contribution is -0.116. The van der Waals surface area contributed by atoms with Crippen LogP contribution in [0.5, 0.6) is 0 Å². The van der Waals surface area contributed by atoms with Crippen molar-refractivity contribution < 1.29 is 13.7 Å². The average molecular weight is 423 g/mol. The summed E-state index contributed by atoms with van der Waals surface area (Å²) in [4.78, 5) is 22.2. The van der Waals surface area contributed by atoms with E-state index in [0.29, 0.717) is 17.0 Å². The molecule has 0 spiro atoms. The number of hydrogen-bond acceptors (Lipinski definition) is 5. The van der Waals surface area contributed by atoms with Crippen LogP contribution in [0, 0.1) is 12.7 Å². The zero-order valence-corrected chi connectivity index (χ0v) is 16.9. The number of nitrogens with zero attached hydrogens (tertiary/aromatic N) is 4. The molecule has 0 saturated carbocycles. The Hall–Kier alpha value is -3.58. The molecule has 8 heteroatoms. The highest BCUT2D eigenvalue weighted by molar-refractivity contribution is 6.34. The minimum absolute atomic E-state index is 0.0624. The molecule has 0 unspecified atom stereocenters. The second kappa shape index (κ2) is 8.04. The van der Waals surface area contributed by atoms with Gasteiger partial charge in [-0.3, -0.25) is 4.79 Å². The van der Waals surface area contributed by atoms with Crippen molar-refractivity contribution in [2.45, 2.75) is 13.8 Å². The standard InChI is InChI=1S/C22H16ClFN4O2/c1-13-4-3-5-15(10-13)21-20(18-8-9-25-12-26-18)22(30-27-21)28(14(2)29)19-7-6-16(24)11-17(19)23/h3-12H,1-2H3. The first-order valence-corrected chi connectivity index (χ1v) is 9.42. The number of benzene rings is 2. The largest absolute Gasteiger partial charge is 0.336 e. The Morgan fingerprint density at radius 1 is 1.17 bits per heavy atom. The fourth-order valence-electron chi connectivity index (χ4n) is 3.18. The molecular formula is C22H16ClFN4O2. The van der Waals surface area contributed by atoms with Gasteiger partial charge in [-0.05, 0) is 37.3 Å². The molecule has 0 aliphatic heterocycles. The lowest BCUT2D eigenvalue weighted by Gasteiger charge is -2.20. The molecule has 2 heterocycles. The quantitative estimate of drug-likeness (QED) is 0.429. The van der Waals surface area contributed by atoms with Crippen molar-refractivity contribution >= 4 is 29.1 Å². The van der Waals surface area contributed by atoms with Crippen molar-refractivity contribution in [2.24, 2.45) is 0 Å². The molecule has 0 bridgehead atoms. The van der Waals surface area contributed by atoms with Crippen LogP contribution in [0.15, 0.2) is 65.6 Å². The Balaban J connectivity index is 1.98. The summed E-state index contributed by atoms with van der Waals surface area (Å²) in [5.41, 5.74) is 3.63. The fraction of sp³-hybridized carbons (Fsp3) is 0.0909. The molecule has 2 aromatic carbocycles. The van der Waals surface area contributed by atoms with Crippen molar-refractivity contribution in [3.63, 3.8) is 0 Å². The molecular weight excluding hydrogens is 407 g/mol. The van der Waals surface area contributed by atoms with E-state index < -0.39 is 5.82 Å². The van der Waals surface area contributed by atoms with Gasteiger partial charge in [0.05, 0.1) is 22.0 Å². The van der Waals surface area contributed by atoms with E-state index in [1.165, 1.54) is 30.3 Å². The van der Waals surface area contributed by atoms with Crippen LogP contribution in [0.1, 0.15) is 12.5 Å². The van der Waals surface area contributed by atoms with Gasteiger partial charge in [-0.15, -0.1) is 0 Å². The fourth-order valence-corrected chi connectivity index (χ4v) is 3.43. The number of carbonyl (C=O) groups excluding carboxylic acids is 1. The number of carbonyl (C=O) groups is 1. The van der Waals surface area contributed by atoms with E-state index in [9.17, 15) is 9.18 Å². The van der Waals surface area contributed by atoms with Crippen LogP contribution in [-0.4, -0.2) is 21.0 Å². The van der Waals surface area contributed by atoms with E-state index in [2.05, 4.69) is 15.1 Å². The number of rotatable bonds is 4. The minimum Gasteiger partial charge on any atom is -0.336 e. The summed E-state index contributed by atoms with van der Waals surface area (Å²) in [5.74, 6) is -0.765. The van der Waals surface area contributed by atoms with Crippen LogP contribution < -0.4 is 4.90 Å². The van der Waals surface area contributed by atoms with Gasteiger partial charge in [0.25, 0.3) is 0 Å². The number of amides is 1. The van der Waals surface area contributed by atoms with Gasteiger partial charge in [0.15, 0.2) is 0 Å². The van der Waals surface area contributed by atoms with Crippen molar-refractivity contribution in [3.05, 3.63) is 77.5 Å². The molecule has 0 saturated heterocycles. The molecule has 0 fully saturated rings. The summed E-state index contributed by atoms with van der Waals surface area (Å²) in [6.45, 7) is 3.33. The van der Waals surface area contributed by atoms with E-state index in [4.69, 9.17) is 16.1 Å².